The number of rotatable bonds is 4. The minimum atomic E-state index is 0.344. The molecule has 1 aliphatic rings. The van der Waals surface area contributed by atoms with Crippen LogP contribution < -0.4 is 16.6 Å². The Balaban J connectivity index is 1.92. The van der Waals surface area contributed by atoms with Crippen LogP contribution >= 0.6 is 11.6 Å². The molecule has 0 amide bonds. The van der Waals surface area contributed by atoms with Crippen molar-refractivity contribution in [2.24, 2.45) is 11.8 Å². The summed E-state index contributed by atoms with van der Waals surface area (Å²) in [6.45, 7) is 2.45. The summed E-state index contributed by atoms with van der Waals surface area (Å²) in [5.74, 6) is 6.69. The summed E-state index contributed by atoms with van der Waals surface area (Å²) in [5.41, 5.74) is 2.39. The third-order valence-electron chi connectivity index (χ3n) is 2.69. The summed E-state index contributed by atoms with van der Waals surface area (Å²) >= 11 is 5.98. The highest BCUT2D eigenvalue weighted by atomic mass is 35.5. The number of anilines is 2. The first kappa shape index (κ1) is 12.3. The molecule has 17 heavy (non-hydrogen) atoms. The molecule has 4 N–H and O–H groups in total. The van der Waals surface area contributed by atoms with E-state index in [0.717, 1.165) is 32.6 Å². The van der Waals surface area contributed by atoms with E-state index in [0.29, 0.717) is 22.7 Å². The first-order chi connectivity index (χ1) is 8.29. The van der Waals surface area contributed by atoms with Gasteiger partial charge in [0.1, 0.15) is 5.02 Å². The van der Waals surface area contributed by atoms with Crippen LogP contribution in [-0.4, -0.2) is 29.7 Å². The number of hydrogen-bond donors (Lipinski definition) is 3. The summed E-state index contributed by atoms with van der Waals surface area (Å²) in [4.78, 5) is 8.05. The lowest BCUT2D eigenvalue weighted by atomic mass is 10.0. The molecule has 0 saturated carbocycles. The third kappa shape index (κ3) is 3.42. The van der Waals surface area contributed by atoms with E-state index in [1.54, 1.807) is 0 Å². The van der Waals surface area contributed by atoms with Crippen molar-refractivity contribution >= 4 is 23.4 Å². The van der Waals surface area contributed by atoms with Crippen LogP contribution in [-0.2, 0) is 4.74 Å². The molecular weight excluding hydrogens is 242 g/mol. The van der Waals surface area contributed by atoms with E-state index in [4.69, 9.17) is 22.2 Å². The topological polar surface area (TPSA) is 85.1 Å². The molecule has 0 bridgehead atoms. The highest BCUT2D eigenvalue weighted by Crippen LogP contribution is 2.20. The molecule has 7 heteroatoms. The summed E-state index contributed by atoms with van der Waals surface area (Å²) in [6, 6.07) is 0. The van der Waals surface area contributed by atoms with E-state index in [2.05, 4.69) is 20.7 Å². The van der Waals surface area contributed by atoms with Crippen molar-refractivity contribution < 1.29 is 4.74 Å². The number of hydrazine groups is 1. The van der Waals surface area contributed by atoms with Crippen LogP contribution in [0.3, 0.4) is 0 Å². The maximum atomic E-state index is 5.98. The number of halogens is 1. The van der Waals surface area contributed by atoms with E-state index in [1.165, 1.54) is 6.20 Å². The number of nitrogens with zero attached hydrogens (tertiary/aromatic N) is 2. The Morgan fingerprint density at radius 3 is 3.18 bits per heavy atom. The van der Waals surface area contributed by atoms with Gasteiger partial charge in [-0.1, -0.05) is 11.6 Å². The third-order valence-corrected chi connectivity index (χ3v) is 2.96. The van der Waals surface area contributed by atoms with Gasteiger partial charge >= 0.3 is 0 Å². The number of nitrogens with one attached hydrogen (secondary N) is 2. The standard InChI is InChI=1S/C10H16ClN5O/c11-8-5-14-10(16-12)15-9(8)13-4-7-2-1-3-17-6-7/h5,7H,1-4,6,12H2,(H2,13,14,15,16). The molecule has 2 heterocycles. The predicted octanol–water partition coefficient (Wildman–Crippen LogP) is 1.25. The van der Waals surface area contributed by atoms with Gasteiger partial charge in [0.2, 0.25) is 5.95 Å². The van der Waals surface area contributed by atoms with Crippen molar-refractivity contribution in [2.75, 3.05) is 30.5 Å². The fraction of sp³-hybridized carbons (Fsp3) is 0.600. The lowest BCUT2D eigenvalue weighted by Crippen LogP contribution is -2.25. The minimum Gasteiger partial charge on any atom is -0.381 e. The summed E-state index contributed by atoms with van der Waals surface area (Å²) in [5, 5.41) is 3.69. The molecule has 0 aliphatic carbocycles. The molecule has 1 aliphatic heterocycles. The van der Waals surface area contributed by atoms with Gasteiger partial charge in [-0.3, -0.25) is 5.43 Å². The van der Waals surface area contributed by atoms with Crippen molar-refractivity contribution in [3.8, 4) is 0 Å². The largest absolute Gasteiger partial charge is 0.381 e. The molecule has 1 unspecified atom stereocenters. The number of nitrogens with two attached hydrogens (primary N) is 1. The number of nitrogen functional groups attached to an aromatic ring is 1. The summed E-state index contributed by atoms with van der Waals surface area (Å²) in [7, 11) is 0. The maximum absolute atomic E-state index is 5.98. The van der Waals surface area contributed by atoms with Crippen LogP contribution in [0.25, 0.3) is 0 Å². The Kier molecular flexibility index (Phi) is 4.36. The molecule has 2 rings (SSSR count). The van der Waals surface area contributed by atoms with E-state index >= 15 is 0 Å². The van der Waals surface area contributed by atoms with Crippen LogP contribution in [0.2, 0.25) is 5.02 Å². The SMILES string of the molecule is NNc1ncc(Cl)c(NCC2CCCOC2)n1. The second kappa shape index (κ2) is 6.00. The smallest absolute Gasteiger partial charge is 0.239 e. The van der Waals surface area contributed by atoms with Crippen molar-refractivity contribution in [1.82, 2.24) is 9.97 Å². The van der Waals surface area contributed by atoms with Gasteiger partial charge in [-0.25, -0.2) is 10.8 Å². The fourth-order valence-electron chi connectivity index (χ4n) is 1.77. The van der Waals surface area contributed by atoms with Crippen LogP contribution in [0.1, 0.15) is 12.8 Å². The molecular formula is C10H16ClN5O. The zero-order valence-electron chi connectivity index (χ0n) is 9.45. The first-order valence-corrected chi connectivity index (χ1v) is 5.98. The summed E-state index contributed by atoms with van der Waals surface area (Å²) < 4.78 is 5.41. The highest BCUT2D eigenvalue weighted by Gasteiger charge is 2.14. The van der Waals surface area contributed by atoms with E-state index in [9.17, 15) is 0 Å². The van der Waals surface area contributed by atoms with E-state index in [-0.39, 0.29) is 0 Å². The van der Waals surface area contributed by atoms with Gasteiger partial charge in [0, 0.05) is 13.2 Å². The molecule has 94 valence electrons. The summed E-state index contributed by atoms with van der Waals surface area (Å²) in [6.07, 6.45) is 3.79. The molecule has 0 aromatic carbocycles. The molecule has 1 aromatic rings. The number of hydrogen-bond acceptors (Lipinski definition) is 6. The van der Waals surface area contributed by atoms with Crippen LogP contribution in [0.4, 0.5) is 11.8 Å². The second-order valence-electron chi connectivity index (χ2n) is 4.00. The lowest BCUT2D eigenvalue weighted by molar-refractivity contribution is 0.0595. The fourth-order valence-corrected chi connectivity index (χ4v) is 1.93. The maximum Gasteiger partial charge on any atom is 0.239 e. The Hall–Kier alpha value is -1.11. The quantitative estimate of drug-likeness (QED) is 0.556. The molecule has 1 aromatic heterocycles. The van der Waals surface area contributed by atoms with Crippen molar-refractivity contribution in [1.29, 1.82) is 0 Å². The van der Waals surface area contributed by atoms with Gasteiger partial charge < -0.3 is 10.1 Å². The number of ether oxygens (including phenoxy) is 1. The molecule has 6 nitrogen and oxygen atoms in total. The minimum absolute atomic E-state index is 0.344. The Morgan fingerprint density at radius 2 is 2.47 bits per heavy atom. The highest BCUT2D eigenvalue weighted by molar-refractivity contribution is 6.32. The van der Waals surface area contributed by atoms with Gasteiger partial charge in [0.15, 0.2) is 5.82 Å². The van der Waals surface area contributed by atoms with Crippen molar-refractivity contribution in [2.45, 2.75) is 12.8 Å². The lowest BCUT2D eigenvalue weighted by Gasteiger charge is -2.22. The van der Waals surface area contributed by atoms with Gasteiger partial charge in [0.25, 0.3) is 0 Å². The second-order valence-corrected chi connectivity index (χ2v) is 4.41. The molecule has 0 spiro atoms. The van der Waals surface area contributed by atoms with E-state index in [1.807, 2.05) is 0 Å². The average Bonchev–Trinajstić information content (AvgIpc) is 2.39. The van der Waals surface area contributed by atoms with Gasteiger partial charge in [0.05, 0.1) is 12.8 Å². The van der Waals surface area contributed by atoms with E-state index < -0.39 is 0 Å². The Morgan fingerprint density at radius 1 is 1.59 bits per heavy atom. The normalized spacial score (nSPS) is 20.0. The zero-order valence-corrected chi connectivity index (χ0v) is 10.2. The zero-order chi connectivity index (χ0) is 12.1. The number of aromatic nitrogens is 2. The van der Waals surface area contributed by atoms with Gasteiger partial charge in [-0.05, 0) is 18.8 Å². The molecule has 1 atom stereocenters. The van der Waals surface area contributed by atoms with Crippen LogP contribution in [0, 0.1) is 5.92 Å². The molecule has 0 radical (unpaired) electrons. The van der Waals surface area contributed by atoms with Crippen molar-refractivity contribution in [3.05, 3.63) is 11.2 Å². The van der Waals surface area contributed by atoms with Gasteiger partial charge in [-0.2, -0.15) is 4.98 Å². The Bertz CT molecular complexity index is 370. The molecule has 1 fully saturated rings. The first-order valence-electron chi connectivity index (χ1n) is 5.60. The van der Waals surface area contributed by atoms with Crippen LogP contribution in [0.5, 0.6) is 0 Å². The monoisotopic (exact) mass is 257 g/mol. The average molecular weight is 258 g/mol. The van der Waals surface area contributed by atoms with Crippen LogP contribution in [0.15, 0.2) is 6.20 Å². The Labute approximate surface area is 105 Å². The predicted molar refractivity (Wildman–Crippen MR) is 66.9 cm³/mol. The molecule has 1 saturated heterocycles. The van der Waals surface area contributed by atoms with Gasteiger partial charge in [-0.15, -0.1) is 0 Å². The van der Waals surface area contributed by atoms with Crippen molar-refractivity contribution in [3.63, 3.8) is 0 Å².